The maximum atomic E-state index is 15.3. The summed E-state index contributed by atoms with van der Waals surface area (Å²) in [7, 11) is 0. The Hall–Kier alpha value is -5.72. The SMILES string of the molecule is Cc1cccc(-c2ncc(N)c(=O)n2CC(=O)NC(Cc2ccccc2)C(=O)C(F)(F)C(=O)Nc2ccc(C(=O)O)cc2)c1. The number of hydrogen-bond acceptors (Lipinski definition) is 7. The number of ketones is 1. The van der Waals surface area contributed by atoms with Crippen molar-refractivity contribution in [2.45, 2.75) is 31.9 Å². The van der Waals surface area contributed by atoms with Gasteiger partial charge in [-0.2, -0.15) is 8.78 Å². The zero-order valence-corrected chi connectivity index (χ0v) is 23.3. The zero-order valence-electron chi connectivity index (χ0n) is 23.3. The van der Waals surface area contributed by atoms with Crippen LogP contribution < -0.4 is 21.9 Å². The molecule has 44 heavy (non-hydrogen) atoms. The predicted molar refractivity (Wildman–Crippen MR) is 157 cm³/mol. The molecule has 4 aromatic rings. The van der Waals surface area contributed by atoms with E-state index in [1.807, 2.05) is 18.3 Å². The minimum atomic E-state index is -4.61. The number of carboxylic acid groups (broad SMARTS) is 1. The third kappa shape index (κ3) is 7.18. The Kier molecular flexibility index (Phi) is 9.27. The van der Waals surface area contributed by atoms with Crippen LogP contribution in [0.1, 0.15) is 21.5 Å². The normalized spacial score (nSPS) is 11.8. The third-order valence-electron chi connectivity index (χ3n) is 6.57. The molecule has 1 heterocycles. The summed E-state index contributed by atoms with van der Waals surface area (Å²) in [5, 5.41) is 13.2. The van der Waals surface area contributed by atoms with Gasteiger partial charge in [-0.15, -0.1) is 0 Å². The highest BCUT2D eigenvalue weighted by Crippen LogP contribution is 2.23. The Labute approximate surface area is 249 Å². The number of nitrogens with zero attached hydrogens (tertiary/aromatic N) is 2. The quantitative estimate of drug-likeness (QED) is 0.189. The van der Waals surface area contributed by atoms with Crippen LogP contribution in [0.25, 0.3) is 11.4 Å². The number of alkyl halides is 2. The molecule has 0 spiro atoms. The molecule has 0 aliphatic rings. The van der Waals surface area contributed by atoms with Crippen LogP contribution in [0, 0.1) is 6.92 Å². The van der Waals surface area contributed by atoms with Crippen molar-refractivity contribution in [3.8, 4) is 11.4 Å². The van der Waals surface area contributed by atoms with E-state index in [0.29, 0.717) is 11.1 Å². The van der Waals surface area contributed by atoms with Crippen LogP contribution >= 0.6 is 0 Å². The molecule has 11 nitrogen and oxygen atoms in total. The van der Waals surface area contributed by atoms with Crippen LogP contribution in [-0.4, -0.2) is 50.2 Å². The van der Waals surface area contributed by atoms with E-state index in [-0.39, 0.29) is 22.8 Å². The summed E-state index contributed by atoms with van der Waals surface area (Å²) >= 11 is 0. The fourth-order valence-electron chi connectivity index (χ4n) is 4.35. The number of nitrogens with one attached hydrogen (secondary N) is 2. The van der Waals surface area contributed by atoms with Crippen LogP contribution in [0.5, 0.6) is 0 Å². The van der Waals surface area contributed by atoms with Gasteiger partial charge in [0, 0.05) is 17.7 Å². The highest BCUT2D eigenvalue weighted by atomic mass is 19.3. The van der Waals surface area contributed by atoms with Crippen molar-refractivity contribution < 1.29 is 33.1 Å². The van der Waals surface area contributed by atoms with E-state index in [0.717, 1.165) is 40.6 Å². The second kappa shape index (κ2) is 13.1. The van der Waals surface area contributed by atoms with Gasteiger partial charge in [0.15, 0.2) is 0 Å². The van der Waals surface area contributed by atoms with Crippen LogP contribution in [0.4, 0.5) is 20.2 Å². The largest absolute Gasteiger partial charge is 0.478 e. The Morgan fingerprint density at radius 2 is 1.68 bits per heavy atom. The number of rotatable bonds is 11. The first-order chi connectivity index (χ1) is 20.9. The molecule has 13 heteroatoms. The number of hydrogen-bond donors (Lipinski definition) is 4. The van der Waals surface area contributed by atoms with Crippen LogP contribution in [0.3, 0.4) is 0 Å². The molecule has 0 bridgehead atoms. The fourth-order valence-corrected chi connectivity index (χ4v) is 4.35. The molecule has 0 aliphatic carbocycles. The van der Waals surface area contributed by atoms with E-state index in [1.54, 1.807) is 48.5 Å². The molecule has 0 aliphatic heterocycles. The number of carboxylic acids is 1. The summed E-state index contributed by atoms with van der Waals surface area (Å²) in [5.74, 6) is -10.6. The first-order valence-electron chi connectivity index (χ1n) is 13.2. The summed E-state index contributed by atoms with van der Waals surface area (Å²) in [6, 6.07) is 17.4. The summed E-state index contributed by atoms with van der Waals surface area (Å²) in [5.41, 5.74) is 6.17. The van der Waals surface area contributed by atoms with Crippen molar-refractivity contribution in [3.63, 3.8) is 0 Å². The Morgan fingerprint density at radius 3 is 2.32 bits per heavy atom. The smallest absolute Gasteiger partial charge is 0.383 e. The fraction of sp³-hybridized carbons (Fsp3) is 0.161. The van der Waals surface area contributed by atoms with E-state index in [9.17, 15) is 24.0 Å². The number of halogens is 2. The van der Waals surface area contributed by atoms with E-state index in [1.165, 1.54) is 0 Å². The van der Waals surface area contributed by atoms with E-state index in [2.05, 4.69) is 10.3 Å². The molecule has 0 radical (unpaired) electrons. The van der Waals surface area contributed by atoms with E-state index >= 15 is 8.78 Å². The first kappa shape index (κ1) is 31.2. The molecule has 1 unspecified atom stereocenters. The number of nitrogens with two attached hydrogens (primary N) is 1. The molecular weight excluding hydrogens is 576 g/mol. The molecule has 0 fully saturated rings. The van der Waals surface area contributed by atoms with E-state index < -0.39 is 54.1 Å². The maximum absolute atomic E-state index is 15.3. The number of benzene rings is 3. The van der Waals surface area contributed by atoms with Gasteiger partial charge in [0.25, 0.3) is 5.56 Å². The summed E-state index contributed by atoms with van der Waals surface area (Å²) in [4.78, 5) is 67.1. The van der Waals surface area contributed by atoms with Crippen molar-refractivity contribution in [2.24, 2.45) is 0 Å². The molecule has 1 aromatic heterocycles. The lowest BCUT2D eigenvalue weighted by Crippen LogP contribution is -2.54. The van der Waals surface area contributed by atoms with Gasteiger partial charge in [0.1, 0.15) is 18.1 Å². The van der Waals surface area contributed by atoms with E-state index in [4.69, 9.17) is 10.8 Å². The standard InChI is InChI=1S/C31H27F2N5O6/c1-18-6-5-9-21(14-18)27-35-16-23(34)28(41)38(27)17-25(39)37-24(15-19-7-3-2-4-8-19)26(40)31(32,33)30(44)36-22-12-10-20(11-13-22)29(42)43/h2-14,16,24H,15,17,34H2,1H3,(H,36,44)(H,37,39)(H,42,43). The summed E-state index contributed by atoms with van der Waals surface area (Å²) in [6.07, 6.45) is 0.751. The lowest BCUT2D eigenvalue weighted by molar-refractivity contribution is -0.157. The lowest BCUT2D eigenvalue weighted by atomic mass is 9.98. The van der Waals surface area contributed by atoms with Gasteiger partial charge in [-0.1, -0.05) is 54.1 Å². The second-order valence-corrected chi connectivity index (χ2v) is 9.88. The van der Waals surface area contributed by atoms with Crippen molar-refractivity contribution in [3.05, 3.63) is 112 Å². The highest BCUT2D eigenvalue weighted by molar-refractivity contribution is 6.15. The Bertz CT molecular complexity index is 1770. The van der Waals surface area contributed by atoms with Crippen molar-refractivity contribution in [2.75, 3.05) is 11.1 Å². The Morgan fingerprint density at radius 1 is 1.00 bits per heavy atom. The number of aromatic carboxylic acids is 1. The number of aromatic nitrogens is 2. The average Bonchev–Trinajstić information content (AvgIpc) is 2.99. The van der Waals surface area contributed by atoms with Crippen molar-refractivity contribution in [1.82, 2.24) is 14.9 Å². The molecule has 1 atom stereocenters. The average molecular weight is 604 g/mol. The molecule has 4 rings (SSSR count). The van der Waals surface area contributed by atoms with Gasteiger partial charge in [-0.05, 0) is 42.8 Å². The first-order valence-corrected chi connectivity index (χ1v) is 13.2. The molecule has 2 amide bonds. The summed E-state index contributed by atoms with van der Waals surface area (Å²) in [6.45, 7) is 1.10. The number of nitrogen functional groups attached to an aromatic ring is 1. The van der Waals surface area contributed by atoms with Crippen molar-refractivity contribution in [1.29, 1.82) is 0 Å². The van der Waals surface area contributed by atoms with Crippen LogP contribution in [-0.2, 0) is 27.3 Å². The zero-order chi connectivity index (χ0) is 32.0. The molecule has 226 valence electrons. The number of anilines is 2. The van der Waals surface area contributed by atoms with Crippen LogP contribution in [0.15, 0.2) is 89.9 Å². The highest BCUT2D eigenvalue weighted by Gasteiger charge is 2.50. The minimum absolute atomic E-state index is 0.0904. The summed E-state index contributed by atoms with van der Waals surface area (Å²) < 4.78 is 31.5. The van der Waals surface area contributed by atoms with Gasteiger partial charge in [-0.3, -0.25) is 23.7 Å². The van der Waals surface area contributed by atoms with Gasteiger partial charge < -0.3 is 21.5 Å². The van der Waals surface area contributed by atoms with Crippen LogP contribution in [0.2, 0.25) is 0 Å². The van der Waals surface area contributed by atoms with Gasteiger partial charge >= 0.3 is 17.8 Å². The molecule has 3 aromatic carbocycles. The number of amides is 2. The third-order valence-corrected chi connectivity index (χ3v) is 6.57. The topological polar surface area (TPSA) is 173 Å². The number of carbonyl (C=O) groups is 4. The van der Waals surface area contributed by atoms with Crippen molar-refractivity contribution >= 4 is 34.9 Å². The lowest BCUT2D eigenvalue weighted by Gasteiger charge is -2.23. The molecule has 0 saturated carbocycles. The second-order valence-electron chi connectivity index (χ2n) is 9.88. The molecule has 5 N–H and O–H groups in total. The number of aryl methyl sites for hydroxylation is 1. The monoisotopic (exact) mass is 603 g/mol. The van der Waals surface area contributed by atoms with Gasteiger partial charge in [-0.25, -0.2) is 9.78 Å². The van der Waals surface area contributed by atoms with Gasteiger partial charge in [0.05, 0.1) is 17.8 Å². The minimum Gasteiger partial charge on any atom is -0.478 e. The molecule has 0 saturated heterocycles. The van der Waals surface area contributed by atoms with Gasteiger partial charge in [0.2, 0.25) is 11.7 Å². The maximum Gasteiger partial charge on any atom is 0.383 e. The predicted octanol–water partition coefficient (Wildman–Crippen LogP) is 3.07. The number of Topliss-reactive ketones (excluding diaryl/α,β-unsaturated/α-hetero) is 1. The Balaban J connectivity index is 1.60. The number of carbonyl (C=O) groups excluding carboxylic acids is 3. The molecular formula is C31H27F2N5O6.